The molecule has 0 radical (unpaired) electrons. The molecule has 0 bridgehead atoms. The van der Waals surface area contributed by atoms with Gasteiger partial charge >= 0.3 is 0 Å². The van der Waals surface area contributed by atoms with Gasteiger partial charge in [0.1, 0.15) is 0 Å². The van der Waals surface area contributed by atoms with Crippen LogP contribution < -0.4 is 5.32 Å². The molecule has 0 aliphatic heterocycles. The summed E-state index contributed by atoms with van der Waals surface area (Å²) >= 11 is 2.37. The maximum atomic E-state index is 12.1. The van der Waals surface area contributed by atoms with E-state index in [0.29, 0.717) is 32.8 Å². The number of alkyl halides is 1. The van der Waals surface area contributed by atoms with Crippen molar-refractivity contribution in [3.63, 3.8) is 0 Å². The fourth-order valence-electron chi connectivity index (χ4n) is 1.90. The minimum Gasteiger partial charge on any atom is -0.381 e. The third-order valence-corrected chi connectivity index (χ3v) is 4.54. The minimum atomic E-state index is -0.135. The third-order valence-electron chi connectivity index (χ3n) is 3.84. The number of rotatable bonds is 12. The van der Waals surface area contributed by atoms with Gasteiger partial charge in [-0.3, -0.25) is 4.79 Å². The van der Waals surface area contributed by atoms with E-state index in [-0.39, 0.29) is 20.2 Å². The summed E-state index contributed by atoms with van der Waals surface area (Å²) in [7, 11) is 0. The van der Waals surface area contributed by atoms with E-state index in [1.54, 1.807) is 0 Å². The average molecular weight is 441 g/mol. The van der Waals surface area contributed by atoms with Crippen molar-refractivity contribution in [2.24, 2.45) is 10.8 Å². The van der Waals surface area contributed by atoms with Gasteiger partial charge in [-0.05, 0) is 31.1 Å². The minimum absolute atomic E-state index is 0.0754. The molecule has 23 heavy (non-hydrogen) atoms. The molecule has 1 N–H and O–H groups in total. The highest BCUT2D eigenvalue weighted by Gasteiger charge is 2.26. The number of carbonyl (C=O) groups is 1. The standard InChI is InChI=1S/C18H36INO3/c1-8-16(3,4)12-23-14-18(7,19)11-20-15(21)10-17(5,6)13-22-9-2/h8-14H2,1-7H3,(H,20,21). The molecule has 0 aromatic rings. The molecule has 1 atom stereocenters. The Morgan fingerprint density at radius 3 is 2.04 bits per heavy atom. The van der Waals surface area contributed by atoms with Gasteiger partial charge in [-0.2, -0.15) is 0 Å². The van der Waals surface area contributed by atoms with Crippen molar-refractivity contribution in [2.45, 2.75) is 64.7 Å². The summed E-state index contributed by atoms with van der Waals surface area (Å²) in [6.45, 7) is 18.1. The van der Waals surface area contributed by atoms with Gasteiger partial charge in [-0.1, -0.05) is 57.2 Å². The van der Waals surface area contributed by atoms with Crippen LogP contribution in [0.5, 0.6) is 0 Å². The number of hydrogen-bond acceptors (Lipinski definition) is 3. The first-order chi connectivity index (χ1) is 10.4. The fraction of sp³-hybridized carbons (Fsp3) is 0.944. The molecule has 138 valence electrons. The molecule has 0 aliphatic rings. The molecule has 1 unspecified atom stereocenters. The molecule has 0 saturated heterocycles. The lowest BCUT2D eigenvalue weighted by molar-refractivity contribution is -0.124. The topological polar surface area (TPSA) is 47.6 Å². The number of hydrogen-bond donors (Lipinski definition) is 1. The summed E-state index contributed by atoms with van der Waals surface area (Å²) in [6, 6.07) is 0. The molecule has 5 heteroatoms. The summed E-state index contributed by atoms with van der Waals surface area (Å²) < 4.78 is 11.2. The Morgan fingerprint density at radius 2 is 1.52 bits per heavy atom. The molecular formula is C18H36INO3. The van der Waals surface area contributed by atoms with E-state index in [2.05, 4.69) is 69.5 Å². The zero-order valence-electron chi connectivity index (χ0n) is 16.1. The monoisotopic (exact) mass is 441 g/mol. The predicted molar refractivity (Wildman–Crippen MR) is 105 cm³/mol. The van der Waals surface area contributed by atoms with Crippen LogP contribution in [0, 0.1) is 10.8 Å². The molecule has 0 aromatic carbocycles. The fourth-order valence-corrected chi connectivity index (χ4v) is 2.31. The Hall–Kier alpha value is 0.120. The van der Waals surface area contributed by atoms with Crippen molar-refractivity contribution in [1.29, 1.82) is 0 Å². The third kappa shape index (κ3) is 12.2. The number of halogens is 1. The zero-order chi connectivity index (χ0) is 18.1. The zero-order valence-corrected chi connectivity index (χ0v) is 18.2. The van der Waals surface area contributed by atoms with Crippen LogP contribution in [-0.4, -0.2) is 42.3 Å². The van der Waals surface area contributed by atoms with Gasteiger partial charge in [0.2, 0.25) is 5.91 Å². The van der Waals surface area contributed by atoms with Gasteiger partial charge < -0.3 is 14.8 Å². The van der Waals surface area contributed by atoms with Crippen molar-refractivity contribution in [3.05, 3.63) is 0 Å². The molecule has 0 saturated carbocycles. The molecule has 4 nitrogen and oxygen atoms in total. The van der Waals surface area contributed by atoms with Crippen LogP contribution in [0.1, 0.15) is 61.3 Å². The van der Waals surface area contributed by atoms with Crippen LogP contribution in [0.4, 0.5) is 0 Å². The van der Waals surface area contributed by atoms with Crippen LogP contribution in [0.15, 0.2) is 0 Å². The molecule has 0 heterocycles. The predicted octanol–water partition coefficient (Wildman–Crippen LogP) is 4.20. The van der Waals surface area contributed by atoms with Crippen LogP contribution in [0.25, 0.3) is 0 Å². The normalized spacial score (nSPS) is 15.3. The number of amides is 1. The summed E-state index contributed by atoms with van der Waals surface area (Å²) in [5, 5.41) is 3.04. The number of nitrogens with one attached hydrogen (secondary N) is 1. The van der Waals surface area contributed by atoms with Gasteiger partial charge in [-0.25, -0.2) is 0 Å². The van der Waals surface area contributed by atoms with Crippen LogP contribution in [0.2, 0.25) is 0 Å². The maximum absolute atomic E-state index is 12.1. The highest BCUT2D eigenvalue weighted by molar-refractivity contribution is 14.1. The molecule has 0 aliphatic carbocycles. The van der Waals surface area contributed by atoms with Gasteiger partial charge in [0.25, 0.3) is 0 Å². The van der Waals surface area contributed by atoms with E-state index in [4.69, 9.17) is 9.47 Å². The average Bonchev–Trinajstić information content (AvgIpc) is 2.42. The Bertz CT molecular complexity index is 354. The van der Waals surface area contributed by atoms with Crippen molar-refractivity contribution in [2.75, 3.05) is 33.0 Å². The van der Waals surface area contributed by atoms with Gasteiger partial charge in [0.15, 0.2) is 0 Å². The largest absolute Gasteiger partial charge is 0.381 e. The van der Waals surface area contributed by atoms with Crippen LogP contribution >= 0.6 is 22.6 Å². The highest BCUT2D eigenvalue weighted by Crippen LogP contribution is 2.24. The van der Waals surface area contributed by atoms with Crippen molar-refractivity contribution < 1.29 is 14.3 Å². The Labute approximate surface area is 156 Å². The van der Waals surface area contributed by atoms with Crippen molar-refractivity contribution >= 4 is 28.5 Å². The molecule has 0 rings (SSSR count). The first kappa shape index (κ1) is 23.1. The van der Waals surface area contributed by atoms with E-state index in [1.165, 1.54) is 0 Å². The molecule has 0 spiro atoms. The summed E-state index contributed by atoms with van der Waals surface area (Å²) in [4.78, 5) is 12.1. The van der Waals surface area contributed by atoms with E-state index in [9.17, 15) is 4.79 Å². The SMILES string of the molecule is CCOCC(C)(C)CC(=O)NCC(C)(I)COCC(C)(C)CC. The molecule has 1 amide bonds. The smallest absolute Gasteiger partial charge is 0.220 e. The first-order valence-electron chi connectivity index (χ1n) is 8.54. The lowest BCUT2D eigenvalue weighted by atomic mass is 9.90. The van der Waals surface area contributed by atoms with Gasteiger partial charge in [0.05, 0.1) is 23.2 Å². The Morgan fingerprint density at radius 1 is 0.957 bits per heavy atom. The highest BCUT2D eigenvalue weighted by atomic mass is 127. The van der Waals surface area contributed by atoms with E-state index >= 15 is 0 Å². The second kappa shape index (κ2) is 10.2. The molecule has 0 aromatic heterocycles. The Balaban J connectivity index is 4.14. The summed E-state index contributed by atoms with van der Waals surface area (Å²) in [6.07, 6.45) is 1.57. The second-order valence-electron chi connectivity index (χ2n) is 8.18. The Kier molecular flexibility index (Phi) is 10.2. The maximum Gasteiger partial charge on any atom is 0.220 e. The number of ether oxygens (including phenoxy) is 2. The van der Waals surface area contributed by atoms with Crippen LogP contribution in [0.3, 0.4) is 0 Å². The summed E-state index contributed by atoms with van der Waals surface area (Å²) in [5.41, 5.74) is 0.0721. The first-order valence-corrected chi connectivity index (χ1v) is 9.62. The second-order valence-corrected chi connectivity index (χ2v) is 10.8. The van der Waals surface area contributed by atoms with Crippen molar-refractivity contribution in [1.82, 2.24) is 5.32 Å². The van der Waals surface area contributed by atoms with Gasteiger partial charge in [0, 0.05) is 19.6 Å². The lowest BCUT2D eigenvalue weighted by Gasteiger charge is -2.28. The van der Waals surface area contributed by atoms with Crippen molar-refractivity contribution in [3.8, 4) is 0 Å². The van der Waals surface area contributed by atoms with E-state index in [1.807, 2.05) is 6.92 Å². The summed E-state index contributed by atoms with van der Waals surface area (Å²) in [5.74, 6) is 0.0754. The number of carbonyl (C=O) groups excluding carboxylic acids is 1. The lowest BCUT2D eigenvalue weighted by Crippen LogP contribution is -2.41. The quantitative estimate of drug-likeness (QED) is 0.365. The van der Waals surface area contributed by atoms with E-state index < -0.39 is 0 Å². The molecule has 0 fully saturated rings. The van der Waals surface area contributed by atoms with Gasteiger partial charge in [-0.15, -0.1) is 0 Å². The van der Waals surface area contributed by atoms with Crippen LogP contribution in [-0.2, 0) is 14.3 Å². The molecular weight excluding hydrogens is 405 g/mol. The van der Waals surface area contributed by atoms with E-state index in [0.717, 1.165) is 13.0 Å².